The highest BCUT2D eigenvalue weighted by Crippen LogP contribution is 2.24. The van der Waals surface area contributed by atoms with Crippen LogP contribution in [-0.2, 0) is 16.1 Å². The van der Waals surface area contributed by atoms with Crippen molar-refractivity contribution < 1.29 is 9.53 Å². The largest absolute Gasteiger partial charge is 0.465 e. The Kier molecular flexibility index (Phi) is 6.38. The van der Waals surface area contributed by atoms with Gasteiger partial charge in [-0.3, -0.25) is 9.69 Å². The van der Waals surface area contributed by atoms with Crippen LogP contribution in [0.2, 0.25) is 0 Å². The van der Waals surface area contributed by atoms with Crippen LogP contribution < -0.4 is 5.32 Å². The molecule has 2 rings (SSSR count). The fraction of sp³-hybridized carbons (Fsp3) is 0.786. The van der Waals surface area contributed by atoms with E-state index >= 15 is 0 Å². The lowest BCUT2D eigenvalue weighted by molar-refractivity contribution is -0.151. The predicted molar refractivity (Wildman–Crippen MR) is 83.4 cm³/mol. The zero-order chi connectivity index (χ0) is 15.1. The second kappa shape index (κ2) is 8.29. The van der Waals surface area contributed by atoms with Gasteiger partial charge in [-0.05, 0) is 32.7 Å². The number of likely N-dealkylation sites (tertiary alicyclic amines) is 1. The summed E-state index contributed by atoms with van der Waals surface area (Å²) in [7, 11) is 0. The number of carbonyl (C=O) groups excluding carboxylic acids is 1. The second-order valence-electron chi connectivity index (χ2n) is 5.21. The lowest BCUT2D eigenvalue weighted by Crippen LogP contribution is -2.45. The fourth-order valence-electron chi connectivity index (χ4n) is 2.56. The van der Waals surface area contributed by atoms with Crippen LogP contribution in [0.4, 0.5) is 5.00 Å². The van der Waals surface area contributed by atoms with Gasteiger partial charge < -0.3 is 10.1 Å². The third kappa shape index (κ3) is 4.38. The van der Waals surface area contributed by atoms with Crippen LogP contribution in [0, 0.1) is 0 Å². The van der Waals surface area contributed by atoms with Crippen molar-refractivity contribution in [2.75, 3.05) is 25.0 Å². The van der Waals surface area contributed by atoms with Crippen molar-refractivity contribution in [3.05, 3.63) is 5.69 Å². The maximum absolute atomic E-state index is 12.1. The molecular formula is C14H24N4O2S. The van der Waals surface area contributed by atoms with E-state index in [1.54, 1.807) is 0 Å². The van der Waals surface area contributed by atoms with Crippen molar-refractivity contribution in [2.45, 2.75) is 52.1 Å². The van der Waals surface area contributed by atoms with Crippen LogP contribution in [0.25, 0.3) is 0 Å². The first kappa shape index (κ1) is 16.2. The lowest BCUT2D eigenvalue weighted by atomic mass is 10.0. The van der Waals surface area contributed by atoms with Crippen molar-refractivity contribution in [1.29, 1.82) is 0 Å². The van der Waals surface area contributed by atoms with Gasteiger partial charge in [0.2, 0.25) is 0 Å². The van der Waals surface area contributed by atoms with Gasteiger partial charge in [0, 0.05) is 24.6 Å². The third-order valence-electron chi connectivity index (χ3n) is 3.62. The van der Waals surface area contributed by atoms with Crippen molar-refractivity contribution in [1.82, 2.24) is 14.5 Å². The number of anilines is 1. The summed E-state index contributed by atoms with van der Waals surface area (Å²) in [5, 5.41) is 8.59. The summed E-state index contributed by atoms with van der Waals surface area (Å²) >= 11 is 1.38. The number of nitrogens with one attached hydrogen (secondary N) is 1. The fourth-order valence-corrected chi connectivity index (χ4v) is 3.16. The van der Waals surface area contributed by atoms with Gasteiger partial charge in [0.05, 0.1) is 6.61 Å². The van der Waals surface area contributed by atoms with Crippen LogP contribution in [0.15, 0.2) is 0 Å². The topological polar surface area (TPSA) is 67.4 Å². The van der Waals surface area contributed by atoms with Gasteiger partial charge in [0.15, 0.2) is 0 Å². The molecule has 0 saturated carbocycles. The minimum atomic E-state index is -0.139. The summed E-state index contributed by atoms with van der Waals surface area (Å²) in [6.45, 7) is 6.90. The first-order chi connectivity index (χ1) is 10.3. The number of ether oxygens (including phenoxy) is 1. The zero-order valence-corrected chi connectivity index (χ0v) is 13.6. The van der Waals surface area contributed by atoms with Gasteiger partial charge in [-0.25, -0.2) is 0 Å². The number of piperidine rings is 1. The molecule has 118 valence electrons. The maximum Gasteiger partial charge on any atom is 0.323 e. The van der Waals surface area contributed by atoms with Crippen LogP contribution in [0.1, 0.15) is 45.2 Å². The van der Waals surface area contributed by atoms with Crippen molar-refractivity contribution in [2.24, 2.45) is 0 Å². The molecule has 1 saturated heterocycles. The smallest absolute Gasteiger partial charge is 0.323 e. The highest BCUT2D eigenvalue weighted by molar-refractivity contribution is 7.10. The standard InChI is InChI=1S/C14H24N4O2S/c1-3-8-15-13-11(16-17-21-13)10-18-9-6-5-7-12(18)14(19)20-4-2/h12,15H,3-10H2,1-2H3. The molecule has 0 radical (unpaired) electrons. The number of rotatable bonds is 7. The van der Waals surface area contributed by atoms with E-state index in [-0.39, 0.29) is 12.0 Å². The Bertz CT molecular complexity index is 452. The predicted octanol–water partition coefficient (Wildman–Crippen LogP) is 2.28. The quantitative estimate of drug-likeness (QED) is 0.779. The molecule has 0 aromatic carbocycles. The number of carbonyl (C=O) groups is 1. The van der Waals surface area contributed by atoms with Gasteiger partial charge in [-0.2, -0.15) is 0 Å². The maximum atomic E-state index is 12.1. The number of aromatic nitrogens is 2. The van der Waals surface area contributed by atoms with Gasteiger partial charge in [0.25, 0.3) is 0 Å². The highest BCUT2D eigenvalue weighted by atomic mass is 32.1. The first-order valence-corrected chi connectivity index (χ1v) is 8.49. The molecular weight excluding hydrogens is 288 g/mol. The molecule has 21 heavy (non-hydrogen) atoms. The molecule has 0 aliphatic carbocycles. The Morgan fingerprint density at radius 3 is 3.10 bits per heavy atom. The van der Waals surface area contributed by atoms with E-state index in [1.807, 2.05) is 6.92 Å². The number of esters is 1. The Balaban J connectivity index is 2.01. The van der Waals surface area contributed by atoms with Crippen LogP contribution in [0.3, 0.4) is 0 Å². The molecule has 1 aliphatic heterocycles. The number of hydrogen-bond acceptors (Lipinski definition) is 7. The average Bonchev–Trinajstić information content (AvgIpc) is 2.93. The van der Waals surface area contributed by atoms with E-state index in [4.69, 9.17) is 4.74 Å². The summed E-state index contributed by atoms with van der Waals surface area (Å²) in [6, 6.07) is -0.139. The Morgan fingerprint density at radius 1 is 1.48 bits per heavy atom. The van der Waals surface area contributed by atoms with E-state index < -0.39 is 0 Å². The Morgan fingerprint density at radius 2 is 2.33 bits per heavy atom. The van der Waals surface area contributed by atoms with E-state index in [1.165, 1.54) is 11.5 Å². The van der Waals surface area contributed by atoms with Gasteiger partial charge in [-0.1, -0.05) is 17.8 Å². The monoisotopic (exact) mass is 312 g/mol. The summed E-state index contributed by atoms with van der Waals surface area (Å²) in [5.74, 6) is -0.108. The molecule has 1 aromatic rings. The Hall–Kier alpha value is -1.21. The normalized spacial score (nSPS) is 19.4. The summed E-state index contributed by atoms with van der Waals surface area (Å²) in [4.78, 5) is 14.3. The van der Waals surface area contributed by atoms with E-state index in [2.05, 4.69) is 26.7 Å². The number of nitrogens with zero attached hydrogens (tertiary/aromatic N) is 3. The second-order valence-corrected chi connectivity index (χ2v) is 5.96. The molecule has 1 unspecified atom stereocenters. The average molecular weight is 312 g/mol. The molecule has 1 atom stereocenters. The lowest BCUT2D eigenvalue weighted by Gasteiger charge is -2.33. The summed E-state index contributed by atoms with van der Waals surface area (Å²) in [6.07, 6.45) is 4.13. The van der Waals surface area contributed by atoms with E-state index in [0.29, 0.717) is 13.2 Å². The molecule has 0 spiro atoms. The molecule has 0 amide bonds. The van der Waals surface area contributed by atoms with E-state index in [9.17, 15) is 4.79 Å². The minimum absolute atomic E-state index is 0.108. The van der Waals surface area contributed by atoms with Crippen molar-refractivity contribution in [3.63, 3.8) is 0 Å². The summed E-state index contributed by atoms with van der Waals surface area (Å²) < 4.78 is 9.23. The van der Waals surface area contributed by atoms with Crippen LogP contribution in [0.5, 0.6) is 0 Å². The molecule has 2 heterocycles. The van der Waals surface area contributed by atoms with Crippen LogP contribution in [-0.4, -0.2) is 46.2 Å². The first-order valence-electron chi connectivity index (χ1n) is 7.72. The van der Waals surface area contributed by atoms with Gasteiger partial charge in [-0.15, -0.1) is 5.10 Å². The molecule has 6 nitrogen and oxygen atoms in total. The molecule has 1 aromatic heterocycles. The zero-order valence-electron chi connectivity index (χ0n) is 12.8. The molecule has 7 heteroatoms. The van der Waals surface area contributed by atoms with Crippen molar-refractivity contribution in [3.8, 4) is 0 Å². The summed E-state index contributed by atoms with van der Waals surface area (Å²) in [5.41, 5.74) is 0.935. The van der Waals surface area contributed by atoms with E-state index in [0.717, 1.165) is 49.5 Å². The highest BCUT2D eigenvalue weighted by Gasteiger charge is 2.30. The number of hydrogen-bond donors (Lipinski definition) is 1. The molecule has 1 N–H and O–H groups in total. The minimum Gasteiger partial charge on any atom is -0.465 e. The SMILES string of the molecule is CCCNc1snnc1CN1CCCCC1C(=O)OCC. The van der Waals surface area contributed by atoms with Gasteiger partial charge in [0.1, 0.15) is 16.7 Å². The third-order valence-corrected chi connectivity index (χ3v) is 4.34. The molecule has 1 aliphatic rings. The van der Waals surface area contributed by atoms with Crippen LogP contribution >= 0.6 is 11.5 Å². The Labute approximate surface area is 130 Å². The van der Waals surface area contributed by atoms with Gasteiger partial charge >= 0.3 is 5.97 Å². The molecule has 1 fully saturated rings. The molecule has 0 bridgehead atoms. The van der Waals surface area contributed by atoms with Crippen molar-refractivity contribution >= 4 is 22.5 Å².